The molecule has 0 rings (SSSR count). The van der Waals surface area contributed by atoms with E-state index < -0.39 is 0 Å². The number of rotatable bonds is 3. The standard InChI is InChI=1S/C6H14N2O/c1-6(7-2)8-4-5-9-3/h4-5H2,1-3H3,(H,7,8). The van der Waals surface area contributed by atoms with Crippen molar-refractivity contribution in [1.29, 1.82) is 0 Å². The molecule has 0 heterocycles. The second-order valence-electron chi connectivity index (χ2n) is 1.73. The van der Waals surface area contributed by atoms with Crippen molar-refractivity contribution < 1.29 is 4.74 Å². The first kappa shape index (κ1) is 8.43. The summed E-state index contributed by atoms with van der Waals surface area (Å²) in [6.07, 6.45) is 0. The molecule has 9 heavy (non-hydrogen) atoms. The molecule has 1 N–H and O–H groups in total. The maximum atomic E-state index is 4.82. The van der Waals surface area contributed by atoms with Gasteiger partial charge in [-0.25, -0.2) is 0 Å². The van der Waals surface area contributed by atoms with Crippen LogP contribution in [0.4, 0.5) is 0 Å². The number of hydrogen-bond donors (Lipinski definition) is 1. The van der Waals surface area contributed by atoms with E-state index in [0.29, 0.717) is 0 Å². The molecule has 0 bridgehead atoms. The summed E-state index contributed by atoms with van der Waals surface area (Å²) in [5.41, 5.74) is 0. The van der Waals surface area contributed by atoms with Gasteiger partial charge in [-0.1, -0.05) is 0 Å². The highest BCUT2D eigenvalue weighted by Crippen LogP contribution is 1.68. The van der Waals surface area contributed by atoms with E-state index >= 15 is 0 Å². The summed E-state index contributed by atoms with van der Waals surface area (Å²) in [5.74, 6) is 0.951. The molecule has 0 amide bonds. The van der Waals surface area contributed by atoms with Crippen molar-refractivity contribution in [3.63, 3.8) is 0 Å². The predicted molar refractivity (Wildman–Crippen MR) is 38.9 cm³/mol. The molecule has 0 aromatic rings. The normalized spacial score (nSPS) is 11.7. The summed E-state index contributed by atoms with van der Waals surface area (Å²) in [5, 5.41) is 3.06. The van der Waals surface area contributed by atoms with E-state index in [1.165, 1.54) is 0 Å². The van der Waals surface area contributed by atoms with Crippen LogP contribution in [0.1, 0.15) is 6.92 Å². The van der Waals surface area contributed by atoms with Gasteiger partial charge in [-0.2, -0.15) is 0 Å². The van der Waals surface area contributed by atoms with Gasteiger partial charge >= 0.3 is 0 Å². The summed E-state index contributed by atoms with van der Waals surface area (Å²) >= 11 is 0. The van der Waals surface area contributed by atoms with E-state index in [0.717, 1.165) is 19.0 Å². The molecule has 0 aliphatic rings. The summed E-state index contributed by atoms with van der Waals surface area (Å²) < 4.78 is 4.82. The van der Waals surface area contributed by atoms with Crippen LogP contribution in [-0.2, 0) is 4.74 Å². The Kier molecular flexibility index (Phi) is 5.21. The van der Waals surface area contributed by atoms with Crippen LogP contribution in [0.2, 0.25) is 0 Å². The van der Waals surface area contributed by atoms with Gasteiger partial charge in [0.25, 0.3) is 0 Å². The highest BCUT2D eigenvalue weighted by molar-refractivity contribution is 5.79. The third kappa shape index (κ3) is 5.30. The molecule has 0 aromatic heterocycles. The molecule has 0 unspecified atom stereocenters. The van der Waals surface area contributed by atoms with Gasteiger partial charge in [0.15, 0.2) is 0 Å². The van der Waals surface area contributed by atoms with Gasteiger partial charge < -0.3 is 10.1 Å². The first-order valence-corrected chi connectivity index (χ1v) is 2.97. The zero-order valence-corrected chi connectivity index (χ0v) is 6.27. The van der Waals surface area contributed by atoms with E-state index in [4.69, 9.17) is 4.74 Å². The van der Waals surface area contributed by atoms with Crippen molar-refractivity contribution in [2.45, 2.75) is 6.92 Å². The largest absolute Gasteiger partial charge is 0.383 e. The molecule has 0 spiro atoms. The SMILES string of the molecule is CN=C(C)NCCOC. The van der Waals surface area contributed by atoms with Crippen LogP contribution in [0.15, 0.2) is 4.99 Å². The first-order chi connectivity index (χ1) is 4.31. The topological polar surface area (TPSA) is 33.6 Å². The summed E-state index contributed by atoms with van der Waals surface area (Å²) in [6, 6.07) is 0. The van der Waals surface area contributed by atoms with Crippen molar-refractivity contribution in [3.8, 4) is 0 Å². The third-order valence-electron chi connectivity index (χ3n) is 1.02. The lowest BCUT2D eigenvalue weighted by Gasteiger charge is -2.01. The number of aliphatic imine (C=N–C) groups is 1. The molecule has 0 radical (unpaired) electrons. The van der Waals surface area contributed by atoms with E-state index in [1.807, 2.05) is 6.92 Å². The van der Waals surface area contributed by atoms with Crippen molar-refractivity contribution in [2.75, 3.05) is 27.3 Å². The molecule has 0 saturated carbocycles. The van der Waals surface area contributed by atoms with Gasteiger partial charge in [0.1, 0.15) is 0 Å². The zero-order chi connectivity index (χ0) is 7.11. The molecule has 0 saturated heterocycles. The van der Waals surface area contributed by atoms with E-state index in [-0.39, 0.29) is 0 Å². The fourth-order valence-corrected chi connectivity index (χ4v) is 0.413. The van der Waals surface area contributed by atoms with E-state index in [2.05, 4.69) is 10.3 Å². The van der Waals surface area contributed by atoms with Crippen molar-refractivity contribution >= 4 is 5.84 Å². The Morgan fingerprint density at radius 3 is 2.78 bits per heavy atom. The summed E-state index contributed by atoms with van der Waals surface area (Å²) in [6.45, 7) is 3.49. The van der Waals surface area contributed by atoms with Crippen molar-refractivity contribution in [3.05, 3.63) is 0 Å². The van der Waals surface area contributed by atoms with Gasteiger partial charge in [-0.3, -0.25) is 4.99 Å². The minimum Gasteiger partial charge on any atom is -0.383 e. The Labute approximate surface area is 56.1 Å². The summed E-state index contributed by atoms with van der Waals surface area (Å²) in [7, 11) is 3.44. The van der Waals surface area contributed by atoms with Gasteiger partial charge in [0.2, 0.25) is 0 Å². The van der Waals surface area contributed by atoms with Crippen LogP contribution >= 0.6 is 0 Å². The molecule has 0 atom stereocenters. The average molecular weight is 130 g/mol. The Hall–Kier alpha value is -0.570. The molecule has 0 aromatic carbocycles. The van der Waals surface area contributed by atoms with E-state index in [9.17, 15) is 0 Å². The molecule has 0 aliphatic heterocycles. The molecule has 0 aliphatic carbocycles. The lowest BCUT2D eigenvalue weighted by atomic mass is 10.6. The van der Waals surface area contributed by atoms with Crippen molar-refractivity contribution in [2.24, 2.45) is 4.99 Å². The molecular weight excluding hydrogens is 116 g/mol. The van der Waals surface area contributed by atoms with Gasteiger partial charge in [0, 0.05) is 20.7 Å². The molecule has 3 heteroatoms. The lowest BCUT2D eigenvalue weighted by Crippen LogP contribution is -2.24. The lowest BCUT2D eigenvalue weighted by molar-refractivity contribution is 0.204. The monoisotopic (exact) mass is 130 g/mol. The quantitative estimate of drug-likeness (QED) is 0.338. The predicted octanol–water partition coefficient (Wildman–Crippen LogP) is 0.271. The highest BCUT2D eigenvalue weighted by Gasteiger charge is 1.84. The number of nitrogens with one attached hydrogen (secondary N) is 1. The first-order valence-electron chi connectivity index (χ1n) is 2.97. The Morgan fingerprint density at radius 1 is 1.67 bits per heavy atom. The van der Waals surface area contributed by atoms with Crippen LogP contribution in [0.3, 0.4) is 0 Å². The maximum Gasteiger partial charge on any atom is 0.0928 e. The summed E-state index contributed by atoms with van der Waals surface area (Å²) in [4.78, 5) is 3.91. The van der Waals surface area contributed by atoms with E-state index in [1.54, 1.807) is 14.2 Å². The number of amidine groups is 1. The van der Waals surface area contributed by atoms with Gasteiger partial charge in [-0.05, 0) is 6.92 Å². The van der Waals surface area contributed by atoms with Crippen LogP contribution in [0.5, 0.6) is 0 Å². The number of methoxy groups -OCH3 is 1. The maximum absolute atomic E-state index is 4.82. The minimum atomic E-state index is 0.729. The second-order valence-corrected chi connectivity index (χ2v) is 1.73. The second kappa shape index (κ2) is 5.56. The van der Waals surface area contributed by atoms with Gasteiger partial charge in [-0.15, -0.1) is 0 Å². The molecule has 3 nitrogen and oxygen atoms in total. The van der Waals surface area contributed by atoms with Crippen LogP contribution < -0.4 is 5.32 Å². The Morgan fingerprint density at radius 2 is 2.33 bits per heavy atom. The molecule has 0 fully saturated rings. The van der Waals surface area contributed by atoms with Crippen LogP contribution in [0, 0.1) is 0 Å². The Bertz CT molecular complexity index is 91.1. The number of nitrogens with zero attached hydrogens (tertiary/aromatic N) is 1. The number of ether oxygens (including phenoxy) is 1. The smallest absolute Gasteiger partial charge is 0.0928 e. The van der Waals surface area contributed by atoms with Gasteiger partial charge in [0.05, 0.1) is 12.4 Å². The third-order valence-corrected chi connectivity index (χ3v) is 1.02. The number of hydrogen-bond acceptors (Lipinski definition) is 2. The average Bonchev–Trinajstić information content (AvgIpc) is 1.89. The van der Waals surface area contributed by atoms with Crippen molar-refractivity contribution in [1.82, 2.24) is 5.32 Å². The minimum absolute atomic E-state index is 0.729. The fourth-order valence-electron chi connectivity index (χ4n) is 0.413. The molecule has 54 valence electrons. The zero-order valence-electron chi connectivity index (χ0n) is 6.27. The highest BCUT2D eigenvalue weighted by atomic mass is 16.5. The Balaban J connectivity index is 3.07. The van der Waals surface area contributed by atoms with Crippen LogP contribution in [-0.4, -0.2) is 33.1 Å². The van der Waals surface area contributed by atoms with Crippen LogP contribution in [0.25, 0.3) is 0 Å². The molecular formula is C6H14N2O. The fraction of sp³-hybridized carbons (Fsp3) is 0.833.